The van der Waals surface area contributed by atoms with E-state index >= 15 is 0 Å². The van der Waals surface area contributed by atoms with Crippen LogP contribution in [0.15, 0.2) is 42.6 Å². The molecule has 0 radical (unpaired) electrons. The van der Waals surface area contributed by atoms with E-state index in [9.17, 15) is 0 Å². The van der Waals surface area contributed by atoms with Gasteiger partial charge in [0.05, 0.1) is 6.61 Å². The number of nitrogens with zero attached hydrogens (tertiary/aromatic N) is 1. The van der Waals surface area contributed by atoms with Gasteiger partial charge in [0, 0.05) is 17.8 Å². The molecule has 2 heteroatoms. The van der Waals surface area contributed by atoms with Crippen LogP contribution in [0.1, 0.15) is 43.5 Å². The number of ether oxygens (including phenoxy) is 1. The zero-order chi connectivity index (χ0) is 13.7. The van der Waals surface area contributed by atoms with Crippen molar-refractivity contribution in [3.63, 3.8) is 0 Å². The lowest BCUT2D eigenvalue weighted by Gasteiger charge is -2.13. The molecule has 2 nitrogen and oxygen atoms in total. The summed E-state index contributed by atoms with van der Waals surface area (Å²) in [5.41, 5.74) is 3.68. The molecule has 0 bridgehead atoms. The molecule has 0 amide bonds. The molecular formula is C17H21NO. The van der Waals surface area contributed by atoms with Gasteiger partial charge in [-0.3, -0.25) is 4.98 Å². The van der Waals surface area contributed by atoms with Crippen molar-refractivity contribution in [1.82, 2.24) is 4.98 Å². The zero-order valence-electron chi connectivity index (χ0n) is 11.9. The van der Waals surface area contributed by atoms with E-state index in [1.165, 1.54) is 11.1 Å². The van der Waals surface area contributed by atoms with Crippen molar-refractivity contribution >= 4 is 0 Å². The number of aromatic nitrogens is 1. The van der Waals surface area contributed by atoms with Gasteiger partial charge in [0.15, 0.2) is 0 Å². The summed E-state index contributed by atoms with van der Waals surface area (Å²) in [7, 11) is 0. The Kier molecular flexibility index (Phi) is 4.56. The third-order valence-electron chi connectivity index (χ3n) is 3.40. The molecule has 0 spiro atoms. The van der Waals surface area contributed by atoms with E-state index in [1.54, 1.807) is 0 Å². The van der Waals surface area contributed by atoms with Gasteiger partial charge >= 0.3 is 0 Å². The first-order valence-electron chi connectivity index (χ1n) is 6.92. The molecular weight excluding hydrogens is 234 g/mol. The molecule has 0 saturated carbocycles. The fourth-order valence-electron chi connectivity index (χ4n) is 2.11. The van der Waals surface area contributed by atoms with Crippen LogP contribution < -0.4 is 4.74 Å². The van der Waals surface area contributed by atoms with Crippen LogP contribution in [0.2, 0.25) is 0 Å². The monoisotopic (exact) mass is 255 g/mol. The summed E-state index contributed by atoms with van der Waals surface area (Å²) in [6.45, 7) is 7.03. The molecule has 0 fully saturated rings. The second-order valence-electron chi connectivity index (χ2n) is 4.66. The number of rotatable bonds is 5. The van der Waals surface area contributed by atoms with Gasteiger partial charge in [0.1, 0.15) is 5.75 Å². The van der Waals surface area contributed by atoms with E-state index in [-0.39, 0.29) is 0 Å². The summed E-state index contributed by atoms with van der Waals surface area (Å²) >= 11 is 0. The zero-order valence-corrected chi connectivity index (χ0v) is 11.9. The average molecular weight is 255 g/mol. The third kappa shape index (κ3) is 3.34. The molecule has 1 heterocycles. The molecule has 0 aliphatic rings. The highest BCUT2D eigenvalue weighted by Gasteiger charge is 2.08. The predicted molar refractivity (Wildman–Crippen MR) is 78.7 cm³/mol. The van der Waals surface area contributed by atoms with Crippen molar-refractivity contribution in [2.45, 2.75) is 33.1 Å². The molecule has 2 rings (SSSR count). The van der Waals surface area contributed by atoms with Crippen molar-refractivity contribution in [2.75, 3.05) is 6.61 Å². The molecule has 100 valence electrons. The van der Waals surface area contributed by atoms with E-state index in [4.69, 9.17) is 4.74 Å². The number of pyridine rings is 1. The van der Waals surface area contributed by atoms with E-state index in [0.717, 1.165) is 17.9 Å². The molecule has 1 atom stereocenters. The molecule has 1 unspecified atom stereocenters. The molecule has 0 aliphatic carbocycles. The van der Waals surface area contributed by atoms with Crippen LogP contribution in [-0.2, 0) is 6.42 Å². The Bertz CT molecular complexity index is 502. The van der Waals surface area contributed by atoms with E-state index < -0.39 is 0 Å². The number of hydrogen-bond donors (Lipinski definition) is 0. The van der Waals surface area contributed by atoms with E-state index in [1.807, 2.05) is 25.3 Å². The highest BCUT2D eigenvalue weighted by Crippen LogP contribution is 2.25. The first-order valence-corrected chi connectivity index (χ1v) is 6.92. The Labute approximate surface area is 115 Å². The van der Waals surface area contributed by atoms with Crippen molar-refractivity contribution in [3.05, 3.63) is 59.4 Å². The Morgan fingerprint density at radius 1 is 1.00 bits per heavy atom. The fraction of sp³-hybridized carbons (Fsp3) is 0.353. The fourth-order valence-corrected chi connectivity index (χ4v) is 2.11. The maximum Gasteiger partial charge on any atom is 0.119 e. The topological polar surface area (TPSA) is 22.1 Å². The Hall–Kier alpha value is -1.83. The first kappa shape index (κ1) is 13.6. The Morgan fingerprint density at radius 3 is 2.21 bits per heavy atom. The number of benzene rings is 1. The lowest BCUT2D eigenvalue weighted by molar-refractivity contribution is 0.340. The molecule has 0 N–H and O–H groups in total. The van der Waals surface area contributed by atoms with Gasteiger partial charge in [-0.2, -0.15) is 0 Å². The molecule has 19 heavy (non-hydrogen) atoms. The van der Waals surface area contributed by atoms with Gasteiger partial charge in [-0.05, 0) is 42.7 Å². The minimum Gasteiger partial charge on any atom is -0.494 e. The standard InChI is InChI=1S/C17H21NO/c1-4-16-9-6-15(12-18-16)13(3)14-7-10-17(11-8-14)19-5-2/h6-13H,4-5H2,1-3H3. The van der Waals surface area contributed by atoms with Crippen LogP contribution in [0.5, 0.6) is 5.75 Å². The lowest BCUT2D eigenvalue weighted by atomic mass is 9.94. The van der Waals surface area contributed by atoms with Gasteiger partial charge in [0.2, 0.25) is 0 Å². The molecule has 0 aliphatic heterocycles. The van der Waals surface area contributed by atoms with Crippen molar-refractivity contribution in [1.29, 1.82) is 0 Å². The highest BCUT2D eigenvalue weighted by atomic mass is 16.5. The normalized spacial score (nSPS) is 12.2. The van der Waals surface area contributed by atoms with E-state index in [2.05, 4.69) is 43.1 Å². The maximum atomic E-state index is 5.46. The first-order chi connectivity index (χ1) is 9.24. The summed E-state index contributed by atoms with van der Waals surface area (Å²) in [6.07, 6.45) is 2.97. The second-order valence-corrected chi connectivity index (χ2v) is 4.66. The van der Waals surface area contributed by atoms with Crippen molar-refractivity contribution in [3.8, 4) is 5.75 Å². The van der Waals surface area contributed by atoms with Gasteiger partial charge in [0.25, 0.3) is 0 Å². The van der Waals surface area contributed by atoms with Gasteiger partial charge in [-0.1, -0.05) is 32.0 Å². The van der Waals surface area contributed by atoms with Crippen LogP contribution in [0.3, 0.4) is 0 Å². The molecule has 2 aromatic rings. The SMILES string of the molecule is CCOc1ccc(C(C)c2ccc(CC)nc2)cc1. The highest BCUT2D eigenvalue weighted by molar-refractivity contribution is 5.34. The van der Waals surface area contributed by atoms with Crippen molar-refractivity contribution in [2.24, 2.45) is 0 Å². The van der Waals surface area contributed by atoms with Crippen LogP contribution in [0.25, 0.3) is 0 Å². The maximum absolute atomic E-state index is 5.46. The summed E-state index contributed by atoms with van der Waals surface area (Å²) < 4.78 is 5.46. The van der Waals surface area contributed by atoms with Gasteiger partial charge in [-0.25, -0.2) is 0 Å². The van der Waals surface area contributed by atoms with Crippen LogP contribution >= 0.6 is 0 Å². The lowest BCUT2D eigenvalue weighted by Crippen LogP contribution is -1.98. The quantitative estimate of drug-likeness (QED) is 0.799. The smallest absolute Gasteiger partial charge is 0.119 e. The minimum atomic E-state index is 0.356. The molecule has 1 aromatic heterocycles. The summed E-state index contributed by atoms with van der Waals surface area (Å²) in [5, 5.41) is 0. The van der Waals surface area contributed by atoms with E-state index in [0.29, 0.717) is 12.5 Å². The van der Waals surface area contributed by atoms with Crippen molar-refractivity contribution < 1.29 is 4.74 Å². The molecule has 1 aromatic carbocycles. The number of aryl methyl sites for hydroxylation is 1. The summed E-state index contributed by atoms with van der Waals surface area (Å²) in [6, 6.07) is 12.6. The second kappa shape index (κ2) is 6.37. The number of hydrogen-bond acceptors (Lipinski definition) is 2. The van der Waals surface area contributed by atoms with Crippen LogP contribution in [0.4, 0.5) is 0 Å². The average Bonchev–Trinajstić information content (AvgIpc) is 2.48. The predicted octanol–water partition coefficient (Wildman–Crippen LogP) is 4.19. The third-order valence-corrected chi connectivity index (χ3v) is 3.40. The summed E-state index contributed by atoms with van der Waals surface area (Å²) in [4.78, 5) is 4.47. The summed E-state index contributed by atoms with van der Waals surface area (Å²) in [5.74, 6) is 1.28. The van der Waals surface area contributed by atoms with Gasteiger partial charge < -0.3 is 4.74 Å². The molecule has 0 saturated heterocycles. The van der Waals surface area contributed by atoms with Crippen LogP contribution in [-0.4, -0.2) is 11.6 Å². The minimum absolute atomic E-state index is 0.356. The van der Waals surface area contributed by atoms with Gasteiger partial charge in [-0.15, -0.1) is 0 Å². The largest absolute Gasteiger partial charge is 0.494 e. The van der Waals surface area contributed by atoms with Crippen LogP contribution in [0, 0.1) is 0 Å². The Morgan fingerprint density at radius 2 is 1.68 bits per heavy atom. The Balaban J connectivity index is 2.15.